The summed E-state index contributed by atoms with van der Waals surface area (Å²) in [5.41, 5.74) is 0.235. The predicted octanol–water partition coefficient (Wildman–Crippen LogP) is 2.32. The van der Waals surface area contributed by atoms with E-state index in [0.717, 1.165) is 0 Å². The Morgan fingerprint density at radius 2 is 1.88 bits per heavy atom. The molecule has 0 saturated carbocycles. The maximum Gasteiger partial charge on any atom is 0.339 e. The van der Waals surface area contributed by atoms with Crippen LogP contribution in [0.3, 0.4) is 0 Å². The Hall–Kier alpha value is -2.09. The van der Waals surface area contributed by atoms with Gasteiger partial charge < -0.3 is 19.5 Å². The van der Waals surface area contributed by atoms with E-state index in [9.17, 15) is 14.4 Å². The normalized spacial score (nSPS) is 11.6. The first-order valence-corrected chi connectivity index (χ1v) is 8.45. The Morgan fingerprint density at radius 3 is 2.44 bits per heavy atom. The molecule has 25 heavy (non-hydrogen) atoms. The number of carbonyl (C=O) groups excluding carboxylic acids is 3. The molecular formula is C17H22BrNO6. The zero-order valence-electron chi connectivity index (χ0n) is 14.6. The van der Waals surface area contributed by atoms with E-state index in [4.69, 9.17) is 9.47 Å². The molecule has 1 aromatic rings. The molecule has 1 atom stereocenters. The average Bonchev–Trinajstić information content (AvgIpc) is 2.58. The highest BCUT2D eigenvalue weighted by Gasteiger charge is 2.23. The van der Waals surface area contributed by atoms with E-state index in [0.29, 0.717) is 16.6 Å². The van der Waals surface area contributed by atoms with Gasteiger partial charge in [-0.05, 0) is 46.5 Å². The number of carbonyl (C=O) groups is 3. The van der Waals surface area contributed by atoms with Gasteiger partial charge in [-0.2, -0.15) is 0 Å². The zero-order chi connectivity index (χ0) is 19.0. The van der Waals surface area contributed by atoms with Crippen LogP contribution in [0.5, 0.6) is 5.75 Å². The molecular weight excluding hydrogens is 394 g/mol. The summed E-state index contributed by atoms with van der Waals surface area (Å²) in [6.07, 6.45) is 0.424. The van der Waals surface area contributed by atoms with Crippen LogP contribution in [0.25, 0.3) is 0 Å². The minimum atomic E-state index is -0.778. The number of methoxy groups -OCH3 is 2. The van der Waals surface area contributed by atoms with Crippen molar-refractivity contribution >= 4 is 33.8 Å². The predicted molar refractivity (Wildman–Crippen MR) is 94.4 cm³/mol. The maximum absolute atomic E-state index is 12.1. The fraction of sp³-hybridized carbons (Fsp3) is 0.471. The number of amides is 1. The van der Waals surface area contributed by atoms with Crippen molar-refractivity contribution in [2.75, 3.05) is 20.8 Å². The Morgan fingerprint density at radius 1 is 1.20 bits per heavy atom. The smallest absolute Gasteiger partial charge is 0.339 e. The monoisotopic (exact) mass is 415 g/mol. The first-order chi connectivity index (χ1) is 11.8. The largest absolute Gasteiger partial charge is 0.497 e. The van der Waals surface area contributed by atoms with Crippen molar-refractivity contribution in [3.05, 3.63) is 28.2 Å². The second kappa shape index (κ2) is 10.0. The molecule has 0 unspecified atom stereocenters. The van der Waals surface area contributed by atoms with E-state index in [-0.39, 0.29) is 11.5 Å². The molecule has 8 heteroatoms. The molecule has 1 N–H and O–H groups in total. The van der Waals surface area contributed by atoms with E-state index in [1.807, 2.05) is 13.8 Å². The van der Waals surface area contributed by atoms with Crippen molar-refractivity contribution in [1.82, 2.24) is 5.32 Å². The summed E-state index contributed by atoms with van der Waals surface area (Å²) in [5, 5.41) is 2.52. The Bertz CT molecular complexity index is 632. The van der Waals surface area contributed by atoms with Gasteiger partial charge in [-0.3, -0.25) is 4.79 Å². The van der Waals surface area contributed by atoms with Crippen molar-refractivity contribution in [3.8, 4) is 5.75 Å². The number of rotatable bonds is 8. The van der Waals surface area contributed by atoms with Crippen LogP contribution in [0.4, 0.5) is 0 Å². The molecule has 7 nitrogen and oxygen atoms in total. The summed E-state index contributed by atoms with van der Waals surface area (Å²) in [5.74, 6) is -1.13. The van der Waals surface area contributed by atoms with Crippen LogP contribution in [-0.2, 0) is 19.1 Å². The van der Waals surface area contributed by atoms with Gasteiger partial charge in [0.05, 0.1) is 19.8 Å². The Labute approximate surface area is 155 Å². The van der Waals surface area contributed by atoms with Crippen LogP contribution < -0.4 is 10.1 Å². The lowest BCUT2D eigenvalue weighted by molar-refractivity contribution is -0.145. The van der Waals surface area contributed by atoms with Crippen molar-refractivity contribution in [3.63, 3.8) is 0 Å². The van der Waals surface area contributed by atoms with E-state index < -0.39 is 30.5 Å². The first kappa shape index (κ1) is 21.0. The minimum absolute atomic E-state index is 0.180. The number of hydrogen-bond donors (Lipinski definition) is 1. The summed E-state index contributed by atoms with van der Waals surface area (Å²) in [7, 11) is 2.73. The first-order valence-electron chi connectivity index (χ1n) is 7.66. The number of esters is 2. The molecule has 0 bridgehead atoms. The van der Waals surface area contributed by atoms with Crippen LogP contribution in [0.15, 0.2) is 22.7 Å². The Kier molecular flexibility index (Phi) is 8.40. The quantitative estimate of drug-likeness (QED) is 0.655. The second-order valence-corrected chi connectivity index (χ2v) is 6.55. The van der Waals surface area contributed by atoms with Crippen LogP contribution in [0, 0.1) is 5.92 Å². The van der Waals surface area contributed by atoms with Gasteiger partial charge in [-0.1, -0.05) is 13.8 Å². The van der Waals surface area contributed by atoms with Gasteiger partial charge in [0.1, 0.15) is 11.8 Å². The molecule has 1 rings (SSSR count). The summed E-state index contributed by atoms with van der Waals surface area (Å²) in [4.78, 5) is 35.8. The van der Waals surface area contributed by atoms with E-state index in [2.05, 4.69) is 26.0 Å². The summed E-state index contributed by atoms with van der Waals surface area (Å²) in [6, 6.07) is 4.05. The lowest BCUT2D eigenvalue weighted by Gasteiger charge is -2.18. The molecule has 0 saturated heterocycles. The molecule has 138 valence electrons. The maximum atomic E-state index is 12.1. The van der Waals surface area contributed by atoms with Crippen molar-refractivity contribution in [1.29, 1.82) is 0 Å². The molecule has 0 aromatic heterocycles. The number of hydrogen-bond acceptors (Lipinski definition) is 6. The third-order valence-electron chi connectivity index (χ3n) is 3.26. The summed E-state index contributed by atoms with van der Waals surface area (Å²) in [6.45, 7) is 3.33. The molecule has 0 fully saturated rings. The topological polar surface area (TPSA) is 90.9 Å². The van der Waals surface area contributed by atoms with Gasteiger partial charge in [0.25, 0.3) is 5.91 Å². The van der Waals surface area contributed by atoms with Crippen molar-refractivity contribution < 1.29 is 28.6 Å². The van der Waals surface area contributed by atoms with Crippen LogP contribution in [0.2, 0.25) is 0 Å². The highest BCUT2D eigenvalue weighted by Crippen LogP contribution is 2.23. The molecule has 1 amide bonds. The molecule has 0 heterocycles. The van der Waals surface area contributed by atoms with E-state index in [1.54, 1.807) is 12.1 Å². The molecule has 0 radical (unpaired) electrons. The third-order valence-corrected chi connectivity index (χ3v) is 3.95. The van der Waals surface area contributed by atoms with Gasteiger partial charge >= 0.3 is 11.9 Å². The summed E-state index contributed by atoms with van der Waals surface area (Å²) >= 11 is 3.24. The molecule has 1 aromatic carbocycles. The van der Waals surface area contributed by atoms with Crippen LogP contribution in [0.1, 0.15) is 30.6 Å². The van der Waals surface area contributed by atoms with Crippen molar-refractivity contribution in [2.24, 2.45) is 5.92 Å². The molecule has 0 aliphatic carbocycles. The van der Waals surface area contributed by atoms with Gasteiger partial charge in [0, 0.05) is 4.47 Å². The highest BCUT2D eigenvalue weighted by atomic mass is 79.9. The van der Waals surface area contributed by atoms with Gasteiger partial charge in [-0.25, -0.2) is 9.59 Å². The molecule has 0 aliphatic heterocycles. The lowest BCUT2D eigenvalue weighted by Crippen LogP contribution is -2.44. The van der Waals surface area contributed by atoms with Gasteiger partial charge in [0.15, 0.2) is 6.61 Å². The highest BCUT2D eigenvalue weighted by molar-refractivity contribution is 9.10. The van der Waals surface area contributed by atoms with Gasteiger partial charge in [0.2, 0.25) is 0 Å². The standard InChI is InChI=1S/C17H22BrNO6/c1-10(2)7-14(17(22)24-4)19-15(20)9-25-16(21)12-8-11(23-3)5-6-13(12)18/h5-6,8,10,14H,7,9H2,1-4H3,(H,19,20)/t14-/m0/s1. The fourth-order valence-electron chi connectivity index (χ4n) is 2.06. The molecule has 0 spiro atoms. The third kappa shape index (κ3) is 6.74. The fourth-order valence-corrected chi connectivity index (χ4v) is 2.47. The molecule has 0 aliphatic rings. The Balaban J connectivity index is 2.65. The second-order valence-electron chi connectivity index (χ2n) is 5.69. The van der Waals surface area contributed by atoms with Crippen LogP contribution in [-0.4, -0.2) is 44.7 Å². The SMILES string of the molecule is COC(=O)[C@H](CC(C)C)NC(=O)COC(=O)c1cc(OC)ccc1Br. The number of nitrogens with one attached hydrogen (secondary N) is 1. The number of halogens is 1. The average molecular weight is 416 g/mol. The van der Waals surface area contributed by atoms with E-state index in [1.165, 1.54) is 20.3 Å². The van der Waals surface area contributed by atoms with Crippen LogP contribution >= 0.6 is 15.9 Å². The minimum Gasteiger partial charge on any atom is -0.497 e. The summed E-state index contributed by atoms with van der Waals surface area (Å²) < 4.78 is 15.2. The van der Waals surface area contributed by atoms with Crippen molar-refractivity contribution in [2.45, 2.75) is 26.3 Å². The van der Waals surface area contributed by atoms with Gasteiger partial charge in [-0.15, -0.1) is 0 Å². The number of benzene rings is 1. The zero-order valence-corrected chi connectivity index (χ0v) is 16.2. The number of ether oxygens (including phenoxy) is 3. The van der Waals surface area contributed by atoms with E-state index >= 15 is 0 Å². The lowest BCUT2D eigenvalue weighted by atomic mass is 10.0.